The standard InChI is InChI=1S/C21H19N3O3/c25-18-13-27-20(19(24-18)14-6-2-1-3-7-14)21(26)23-12-15-10-11-22-17-9-5-4-8-16(15)17/h1-11,19-20H,12-13H2,(H,23,26)(H,24,25)/t19-,20+/m1/s1. The summed E-state index contributed by atoms with van der Waals surface area (Å²) < 4.78 is 5.56. The van der Waals surface area contributed by atoms with Gasteiger partial charge in [0.1, 0.15) is 6.61 Å². The van der Waals surface area contributed by atoms with Crippen LogP contribution in [0.1, 0.15) is 17.2 Å². The Morgan fingerprint density at radius 1 is 1.11 bits per heavy atom. The molecule has 2 N–H and O–H groups in total. The van der Waals surface area contributed by atoms with E-state index in [1.807, 2.05) is 60.7 Å². The van der Waals surface area contributed by atoms with Crippen LogP contribution in [0.2, 0.25) is 0 Å². The van der Waals surface area contributed by atoms with Gasteiger partial charge in [0.2, 0.25) is 5.91 Å². The van der Waals surface area contributed by atoms with Gasteiger partial charge in [-0.2, -0.15) is 0 Å². The van der Waals surface area contributed by atoms with E-state index in [2.05, 4.69) is 15.6 Å². The Hall–Kier alpha value is -3.25. The lowest BCUT2D eigenvalue weighted by Crippen LogP contribution is -2.52. The molecule has 0 unspecified atom stereocenters. The van der Waals surface area contributed by atoms with Gasteiger partial charge in [0, 0.05) is 18.1 Å². The molecule has 0 radical (unpaired) electrons. The molecule has 2 amide bonds. The summed E-state index contributed by atoms with van der Waals surface area (Å²) in [6.07, 6.45) is 0.951. The van der Waals surface area contributed by atoms with Crippen molar-refractivity contribution < 1.29 is 14.3 Å². The molecule has 4 rings (SSSR count). The molecule has 1 aliphatic rings. The van der Waals surface area contributed by atoms with Crippen LogP contribution in [0.15, 0.2) is 66.9 Å². The summed E-state index contributed by atoms with van der Waals surface area (Å²) in [6, 6.07) is 18.5. The van der Waals surface area contributed by atoms with E-state index < -0.39 is 12.1 Å². The minimum absolute atomic E-state index is 0.125. The molecule has 1 aliphatic heterocycles. The molecule has 1 aromatic heterocycles. The Labute approximate surface area is 156 Å². The smallest absolute Gasteiger partial charge is 0.251 e. The number of rotatable bonds is 4. The molecule has 1 saturated heterocycles. The SMILES string of the molecule is O=C1CO[C@H](C(=O)NCc2ccnc3ccccc23)[C@@H](c2ccccc2)N1. The van der Waals surface area contributed by atoms with Crippen molar-refractivity contribution in [1.29, 1.82) is 0 Å². The third kappa shape index (κ3) is 3.66. The summed E-state index contributed by atoms with van der Waals surface area (Å²) in [5.41, 5.74) is 2.69. The van der Waals surface area contributed by atoms with E-state index in [1.165, 1.54) is 0 Å². The van der Waals surface area contributed by atoms with E-state index in [1.54, 1.807) is 6.20 Å². The molecule has 27 heavy (non-hydrogen) atoms. The number of morpholine rings is 1. The topological polar surface area (TPSA) is 80.3 Å². The van der Waals surface area contributed by atoms with Gasteiger partial charge in [-0.15, -0.1) is 0 Å². The number of fused-ring (bicyclic) bond motifs is 1. The Kier molecular flexibility index (Phi) is 4.80. The van der Waals surface area contributed by atoms with E-state index in [0.29, 0.717) is 6.54 Å². The fourth-order valence-electron chi connectivity index (χ4n) is 3.29. The van der Waals surface area contributed by atoms with Crippen LogP contribution in [0.3, 0.4) is 0 Å². The number of hydrogen-bond acceptors (Lipinski definition) is 4. The number of carbonyl (C=O) groups is 2. The summed E-state index contributed by atoms with van der Waals surface area (Å²) >= 11 is 0. The lowest BCUT2D eigenvalue weighted by Gasteiger charge is -2.31. The normalized spacial score (nSPS) is 19.5. The van der Waals surface area contributed by atoms with Gasteiger partial charge in [-0.25, -0.2) is 0 Å². The van der Waals surface area contributed by atoms with Gasteiger partial charge in [-0.05, 0) is 23.3 Å². The first-order valence-corrected chi connectivity index (χ1v) is 8.78. The van der Waals surface area contributed by atoms with Crippen LogP contribution >= 0.6 is 0 Å². The molecule has 1 fully saturated rings. The van der Waals surface area contributed by atoms with E-state index in [-0.39, 0.29) is 18.4 Å². The second kappa shape index (κ2) is 7.55. The third-order valence-electron chi connectivity index (χ3n) is 4.62. The molecule has 136 valence electrons. The number of ether oxygens (including phenoxy) is 1. The van der Waals surface area contributed by atoms with Crippen molar-refractivity contribution in [2.45, 2.75) is 18.7 Å². The molecule has 6 heteroatoms. The first kappa shape index (κ1) is 17.2. The molecular weight excluding hydrogens is 342 g/mol. The summed E-state index contributed by atoms with van der Waals surface area (Å²) in [6.45, 7) is 0.233. The molecule has 2 atom stereocenters. The maximum Gasteiger partial charge on any atom is 0.251 e. The van der Waals surface area contributed by atoms with E-state index in [4.69, 9.17) is 4.74 Å². The van der Waals surface area contributed by atoms with Gasteiger partial charge in [-0.3, -0.25) is 14.6 Å². The maximum absolute atomic E-state index is 12.8. The Morgan fingerprint density at radius 2 is 1.89 bits per heavy atom. The average Bonchev–Trinajstić information content (AvgIpc) is 2.72. The second-order valence-corrected chi connectivity index (χ2v) is 6.39. The van der Waals surface area contributed by atoms with Crippen LogP contribution in [-0.4, -0.2) is 29.5 Å². The lowest BCUT2D eigenvalue weighted by atomic mass is 9.99. The highest BCUT2D eigenvalue weighted by Gasteiger charge is 2.35. The van der Waals surface area contributed by atoms with Crippen molar-refractivity contribution in [3.8, 4) is 0 Å². The molecule has 0 saturated carbocycles. The molecule has 6 nitrogen and oxygen atoms in total. The molecule has 2 aromatic carbocycles. The Balaban J connectivity index is 1.52. The minimum atomic E-state index is -0.779. The average molecular weight is 361 g/mol. The van der Waals surface area contributed by atoms with E-state index in [0.717, 1.165) is 22.0 Å². The largest absolute Gasteiger partial charge is 0.356 e. The maximum atomic E-state index is 12.8. The zero-order chi connectivity index (χ0) is 18.6. The monoisotopic (exact) mass is 361 g/mol. The van der Waals surface area contributed by atoms with Crippen LogP contribution < -0.4 is 10.6 Å². The number of aromatic nitrogens is 1. The van der Waals surface area contributed by atoms with Crippen molar-refractivity contribution in [2.24, 2.45) is 0 Å². The fourth-order valence-corrected chi connectivity index (χ4v) is 3.29. The van der Waals surface area contributed by atoms with Crippen LogP contribution in [-0.2, 0) is 20.9 Å². The molecular formula is C21H19N3O3. The van der Waals surface area contributed by atoms with Gasteiger partial charge in [0.15, 0.2) is 6.10 Å². The van der Waals surface area contributed by atoms with Crippen LogP contribution in [0.25, 0.3) is 10.9 Å². The van der Waals surface area contributed by atoms with Crippen molar-refractivity contribution in [2.75, 3.05) is 6.61 Å². The van der Waals surface area contributed by atoms with Gasteiger partial charge in [0.05, 0.1) is 11.6 Å². The molecule has 2 heterocycles. The van der Waals surface area contributed by atoms with Crippen molar-refractivity contribution in [3.05, 3.63) is 78.0 Å². The number of para-hydroxylation sites is 1. The highest BCUT2D eigenvalue weighted by molar-refractivity contribution is 5.87. The van der Waals surface area contributed by atoms with Crippen LogP contribution in [0.4, 0.5) is 0 Å². The number of nitrogens with zero attached hydrogens (tertiary/aromatic N) is 1. The van der Waals surface area contributed by atoms with Crippen molar-refractivity contribution >= 4 is 22.7 Å². The quantitative estimate of drug-likeness (QED) is 0.746. The number of pyridine rings is 1. The summed E-state index contributed by atoms with van der Waals surface area (Å²) in [7, 11) is 0. The minimum Gasteiger partial charge on any atom is -0.356 e. The zero-order valence-electron chi connectivity index (χ0n) is 14.6. The number of benzene rings is 2. The lowest BCUT2D eigenvalue weighted by molar-refractivity contribution is -0.148. The highest BCUT2D eigenvalue weighted by atomic mass is 16.5. The molecule has 3 aromatic rings. The van der Waals surface area contributed by atoms with Crippen LogP contribution in [0.5, 0.6) is 0 Å². The predicted molar refractivity (Wildman–Crippen MR) is 101 cm³/mol. The Morgan fingerprint density at radius 3 is 2.74 bits per heavy atom. The van der Waals surface area contributed by atoms with E-state index >= 15 is 0 Å². The van der Waals surface area contributed by atoms with Gasteiger partial charge >= 0.3 is 0 Å². The first-order chi connectivity index (χ1) is 13.2. The summed E-state index contributed by atoms with van der Waals surface area (Å²) in [4.78, 5) is 28.9. The number of nitrogens with one attached hydrogen (secondary N) is 2. The van der Waals surface area contributed by atoms with Crippen molar-refractivity contribution in [3.63, 3.8) is 0 Å². The Bertz CT molecular complexity index is 969. The van der Waals surface area contributed by atoms with Gasteiger partial charge in [0.25, 0.3) is 5.91 Å². The fraction of sp³-hybridized carbons (Fsp3) is 0.190. The third-order valence-corrected chi connectivity index (χ3v) is 4.62. The summed E-state index contributed by atoms with van der Waals surface area (Å²) in [5.74, 6) is -0.488. The number of amides is 2. The highest BCUT2D eigenvalue weighted by Crippen LogP contribution is 2.23. The van der Waals surface area contributed by atoms with Crippen LogP contribution in [0, 0.1) is 0 Å². The second-order valence-electron chi connectivity index (χ2n) is 6.39. The van der Waals surface area contributed by atoms with E-state index in [9.17, 15) is 9.59 Å². The summed E-state index contributed by atoms with van der Waals surface area (Å²) in [5, 5.41) is 6.79. The van der Waals surface area contributed by atoms with Gasteiger partial charge in [-0.1, -0.05) is 48.5 Å². The first-order valence-electron chi connectivity index (χ1n) is 8.78. The van der Waals surface area contributed by atoms with Crippen molar-refractivity contribution in [1.82, 2.24) is 15.6 Å². The predicted octanol–water partition coefficient (Wildman–Crippen LogP) is 2.11. The zero-order valence-corrected chi connectivity index (χ0v) is 14.6. The molecule has 0 aliphatic carbocycles. The van der Waals surface area contributed by atoms with Gasteiger partial charge < -0.3 is 15.4 Å². The molecule has 0 bridgehead atoms. The number of hydrogen-bond donors (Lipinski definition) is 2. The number of carbonyl (C=O) groups excluding carboxylic acids is 2. The molecule has 0 spiro atoms.